The molecule has 3 nitrogen and oxygen atoms in total. The Labute approximate surface area is 122 Å². The van der Waals surface area contributed by atoms with E-state index in [1.807, 2.05) is 24.3 Å². The number of nitrogens with two attached hydrogens (primary N) is 1. The Kier molecular flexibility index (Phi) is 4.50. The van der Waals surface area contributed by atoms with Crippen molar-refractivity contribution in [1.29, 1.82) is 0 Å². The van der Waals surface area contributed by atoms with Gasteiger partial charge in [0.2, 0.25) is 0 Å². The molecule has 1 aromatic carbocycles. The Hall–Kier alpha value is -1.46. The SMILES string of the molecule is CCCc1nc(-c2ccc(OC)cc2)sc1C(N)=S. The van der Waals surface area contributed by atoms with Gasteiger partial charge in [0.05, 0.1) is 17.7 Å². The fourth-order valence-corrected chi connectivity index (χ4v) is 3.02. The van der Waals surface area contributed by atoms with E-state index in [0.29, 0.717) is 4.99 Å². The van der Waals surface area contributed by atoms with Gasteiger partial charge in [-0.25, -0.2) is 4.98 Å². The lowest BCUT2D eigenvalue weighted by molar-refractivity contribution is 0.415. The van der Waals surface area contributed by atoms with Crippen LogP contribution in [0.2, 0.25) is 0 Å². The lowest BCUT2D eigenvalue weighted by Gasteiger charge is -2.00. The monoisotopic (exact) mass is 292 g/mol. The molecule has 0 radical (unpaired) electrons. The van der Waals surface area contributed by atoms with E-state index in [4.69, 9.17) is 22.7 Å². The van der Waals surface area contributed by atoms with Crippen molar-refractivity contribution in [3.63, 3.8) is 0 Å². The molecule has 0 bridgehead atoms. The van der Waals surface area contributed by atoms with Crippen LogP contribution in [0.3, 0.4) is 0 Å². The molecule has 19 heavy (non-hydrogen) atoms. The first kappa shape index (κ1) is 14.0. The zero-order valence-corrected chi connectivity index (χ0v) is 12.6. The van der Waals surface area contributed by atoms with E-state index in [1.54, 1.807) is 18.4 Å². The minimum absolute atomic E-state index is 0.431. The van der Waals surface area contributed by atoms with Gasteiger partial charge in [0.15, 0.2) is 0 Å². The third-order valence-electron chi connectivity index (χ3n) is 2.74. The van der Waals surface area contributed by atoms with Crippen molar-refractivity contribution in [3.8, 4) is 16.3 Å². The molecular formula is C14H16N2OS2. The topological polar surface area (TPSA) is 48.1 Å². The molecule has 2 rings (SSSR count). The highest BCUT2D eigenvalue weighted by atomic mass is 32.1. The Bertz CT molecular complexity index is 576. The van der Waals surface area contributed by atoms with Crippen LogP contribution in [0.1, 0.15) is 23.9 Å². The maximum atomic E-state index is 5.76. The molecule has 0 atom stereocenters. The quantitative estimate of drug-likeness (QED) is 0.858. The Morgan fingerprint density at radius 1 is 1.37 bits per heavy atom. The number of hydrogen-bond acceptors (Lipinski definition) is 4. The van der Waals surface area contributed by atoms with Gasteiger partial charge in [-0.3, -0.25) is 0 Å². The lowest BCUT2D eigenvalue weighted by atomic mass is 10.2. The first-order valence-corrected chi connectivity index (χ1v) is 7.32. The highest BCUT2D eigenvalue weighted by Crippen LogP contribution is 2.30. The normalized spacial score (nSPS) is 10.4. The van der Waals surface area contributed by atoms with Crippen molar-refractivity contribution in [3.05, 3.63) is 34.8 Å². The number of benzene rings is 1. The van der Waals surface area contributed by atoms with E-state index in [1.165, 1.54) is 0 Å². The molecule has 0 fully saturated rings. The molecule has 2 aromatic rings. The number of methoxy groups -OCH3 is 1. The maximum Gasteiger partial charge on any atom is 0.124 e. The van der Waals surface area contributed by atoms with Gasteiger partial charge in [0.25, 0.3) is 0 Å². The average Bonchev–Trinajstić information content (AvgIpc) is 2.83. The molecule has 5 heteroatoms. The van der Waals surface area contributed by atoms with Gasteiger partial charge in [-0.15, -0.1) is 11.3 Å². The van der Waals surface area contributed by atoms with Crippen LogP contribution in [0.5, 0.6) is 5.75 Å². The summed E-state index contributed by atoms with van der Waals surface area (Å²) in [5.74, 6) is 0.837. The van der Waals surface area contributed by atoms with E-state index in [9.17, 15) is 0 Å². The maximum absolute atomic E-state index is 5.76. The predicted molar refractivity (Wildman–Crippen MR) is 84.0 cm³/mol. The minimum atomic E-state index is 0.431. The van der Waals surface area contributed by atoms with Gasteiger partial charge < -0.3 is 10.5 Å². The van der Waals surface area contributed by atoms with Gasteiger partial charge in [-0.05, 0) is 30.7 Å². The molecule has 1 heterocycles. The van der Waals surface area contributed by atoms with Crippen LogP contribution in [0.15, 0.2) is 24.3 Å². The largest absolute Gasteiger partial charge is 0.497 e. The Morgan fingerprint density at radius 3 is 2.58 bits per heavy atom. The van der Waals surface area contributed by atoms with Crippen LogP contribution in [0.25, 0.3) is 10.6 Å². The van der Waals surface area contributed by atoms with Gasteiger partial charge >= 0.3 is 0 Å². The van der Waals surface area contributed by atoms with Gasteiger partial charge in [0.1, 0.15) is 15.7 Å². The molecule has 0 unspecified atom stereocenters. The standard InChI is InChI=1S/C14H16N2OS2/c1-3-4-11-12(13(15)18)19-14(16-11)9-5-7-10(17-2)8-6-9/h5-8H,3-4H2,1-2H3,(H2,15,18). The Morgan fingerprint density at radius 2 is 2.05 bits per heavy atom. The molecular weight excluding hydrogens is 276 g/mol. The number of aryl methyl sites for hydroxylation is 1. The van der Waals surface area contributed by atoms with Crippen molar-refractivity contribution in [2.75, 3.05) is 7.11 Å². The molecule has 0 spiro atoms. The van der Waals surface area contributed by atoms with E-state index >= 15 is 0 Å². The zero-order valence-electron chi connectivity index (χ0n) is 11.0. The summed E-state index contributed by atoms with van der Waals surface area (Å²) >= 11 is 6.65. The molecule has 0 aliphatic carbocycles. The van der Waals surface area contributed by atoms with Gasteiger partial charge in [0, 0.05) is 5.56 Å². The van der Waals surface area contributed by atoms with E-state index in [0.717, 1.165) is 39.7 Å². The van der Waals surface area contributed by atoms with Crippen LogP contribution in [0.4, 0.5) is 0 Å². The van der Waals surface area contributed by atoms with Crippen LogP contribution in [0, 0.1) is 0 Å². The van der Waals surface area contributed by atoms with Crippen LogP contribution in [-0.4, -0.2) is 17.1 Å². The van der Waals surface area contributed by atoms with Gasteiger partial charge in [-0.2, -0.15) is 0 Å². The van der Waals surface area contributed by atoms with E-state index in [2.05, 4.69) is 11.9 Å². The summed E-state index contributed by atoms with van der Waals surface area (Å²) < 4.78 is 5.15. The average molecular weight is 292 g/mol. The first-order valence-electron chi connectivity index (χ1n) is 6.09. The molecule has 0 amide bonds. The number of hydrogen-bond donors (Lipinski definition) is 1. The predicted octanol–water partition coefficient (Wildman–Crippen LogP) is 3.41. The number of rotatable bonds is 5. The van der Waals surface area contributed by atoms with Gasteiger partial charge in [-0.1, -0.05) is 25.6 Å². The second kappa shape index (κ2) is 6.12. The fourth-order valence-electron chi connectivity index (χ4n) is 1.81. The second-order valence-corrected chi connectivity index (χ2v) is 5.58. The molecule has 1 aromatic heterocycles. The van der Waals surface area contributed by atoms with Crippen molar-refractivity contribution in [2.45, 2.75) is 19.8 Å². The smallest absolute Gasteiger partial charge is 0.124 e. The number of thiocarbonyl (C=S) groups is 1. The molecule has 0 saturated heterocycles. The summed E-state index contributed by atoms with van der Waals surface area (Å²) in [7, 11) is 1.66. The van der Waals surface area contributed by atoms with Crippen LogP contribution < -0.4 is 10.5 Å². The second-order valence-electron chi connectivity index (χ2n) is 4.14. The highest BCUT2D eigenvalue weighted by molar-refractivity contribution is 7.81. The van der Waals surface area contributed by atoms with Crippen LogP contribution in [-0.2, 0) is 6.42 Å². The number of thiazole rings is 1. The third kappa shape index (κ3) is 3.11. The minimum Gasteiger partial charge on any atom is -0.497 e. The number of nitrogens with zero attached hydrogens (tertiary/aromatic N) is 1. The molecule has 0 aliphatic rings. The third-order valence-corrected chi connectivity index (χ3v) is 4.26. The summed E-state index contributed by atoms with van der Waals surface area (Å²) in [5, 5.41) is 0.953. The number of ether oxygens (including phenoxy) is 1. The molecule has 0 saturated carbocycles. The van der Waals surface area contributed by atoms with Crippen molar-refractivity contribution >= 4 is 28.5 Å². The lowest BCUT2D eigenvalue weighted by Crippen LogP contribution is -2.09. The molecule has 100 valence electrons. The van der Waals surface area contributed by atoms with E-state index < -0.39 is 0 Å². The van der Waals surface area contributed by atoms with E-state index in [-0.39, 0.29) is 0 Å². The summed E-state index contributed by atoms with van der Waals surface area (Å²) in [6.07, 6.45) is 1.93. The molecule has 2 N–H and O–H groups in total. The summed E-state index contributed by atoms with van der Waals surface area (Å²) in [5.41, 5.74) is 7.83. The van der Waals surface area contributed by atoms with Crippen LogP contribution >= 0.6 is 23.6 Å². The summed E-state index contributed by atoms with van der Waals surface area (Å²) in [6.45, 7) is 2.12. The van der Waals surface area contributed by atoms with Crippen molar-refractivity contribution in [2.24, 2.45) is 5.73 Å². The summed E-state index contributed by atoms with van der Waals surface area (Å²) in [6, 6.07) is 7.85. The fraction of sp³-hybridized carbons (Fsp3) is 0.286. The Balaban J connectivity index is 2.38. The zero-order chi connectivity index (χ0) is 13.8. The van der Waals surface area contributed by atoms with Crippen molar-refractivity contribution < 1.29 is 4.74 Å². The molecule has 0 aliphatic heterocycles. The van der Waals surface area contributed by atoms with Crippen molar-refractivity contribution in [1.82, 2.24) is 4.98 Å². The number of aromatic nitrogens is 1. The first-order chi connectivity index (χ1) is 9.15. The summed E-state index contributed by atoms with van der Waals surface area (Å²) in [4.78, 5) is 6.02. The highest BCUT2D eigenvalue weighted by Gasteiger charge is 2.13.